The minimum Gasteiger partial charge on any atom is -0.436 e. The fraction of sp³-hybridized carbons (Fsp3) is 0.0741. The number of hydrogen-bond donors (Lipinski definition) is 3. The second kappa shape index (κ2) is 10.3. The number of rotatable bonds is 7. The van der Waals surface area contributed by atoms with Crippen LogP contribution in [0.4, 0.5) is 22.0 Å². The van der Waals surface area contributed by atoms with Crippen LogP contribution in [0.2, 0.25) is 5.02 Å². The maximum atomic E-state index is 12.2. The molecule has 0 spiro atoms. The second-order valence-corrected chi connectivity index (χ2v) is 8.21. The number of urea groups is 1. The average Bonchev–Trinajstić information content (AvgIpc) is 3.23. The zero-order valence-electron chi connectivity index (χ0n) is 18.7. The predicted molar refractivity (Wildman–Crippen MR) is 140 cm³/mol. The van der Waals surface area contributed by atoms with Gasteiger partial charge in [-0.3, -0.25) is 0 Å². The van der Waals surface area contributed by atoms with E-state index in [9.17, 15) is 4.79 Å². The first-order valence-electron chi connectivity index (χ1n) is 11.1. The number of nitrogens with zero attached hydrogens (tertiary/aromatic N) is 2. The van der Waals surface area contributed by atoms with E-state index in [2.05, 4.69) is 25.9 Å². The molecular weight excluding hydrogens is 462 g/mol. The molecule has 0 saturated carbocycles. The molecule has 3 aromatic carbocycles. The summed E-state index contributed by atoms with van der Waals surface area (Å²) in [5.41, 5.74) is 3.88. The van der Waals surface area contributed by atoms with Crippen LogP contribution in [0.1, 0.15) is 5.56 Å². The number of aromatic nitrogens is 2. The fourth-order valence-corrected chi connectivity index (χ4v) is 4.02. The van der Waals surface area contributed by atoms with E-state index in [-0.39, 0.29) is 6.03 Å². The van der Waals surface area contributed by atoms with E-state index in [1.165, 1.54) is 6.33 Å². The Labute approximate surface area is 207 Å². The summed E-state index contributed by atoms with van der Waals surface area (Å²) in [5.74, 6) is 1.20. The van der Waals surface area contributed by atoms with Gasteiger partial charge in [0.15, 0.2) is 5.76 Å². The van der Waals surface area contributed by atoms with Gasteiger partial charge in [-0.05, 0) is 36.2 Å². The summed E-state index contributed by atoms with van der Waals surface area (Å²) in [6.45, 7) is 0.634. The van der Waals surface area contributed by atoms with Crippen molar-refractivity contribution in [2.24, 2.45) is 0 Å². The maximum Gasteiger partial charge on any atom is 0.323 e. The molecule has 35 heavy (non-hydrogen) atoms. The summed E-state index contributed by atoms with van der Waals surface area (Å²) in [4.78, 5) is 20.8. The summed E-state index contributed by atoms with van der Waals surface area (Å²) >= 11 is 6.65. The van der Waals surface area contributed by atoms with Crippen LogP contribution in [-0.4, -0.2) is 22.5 Å². The van der Waals surface area contributed by atoms with Crippen molar-refractivity contribution >= 4 is 45.9 Å². The molecule has 0 bridgehead atoms. The molecule has 0 unspecified atom stereocenters. The highest BCUT2D eigenvalue weighted by atomic mass is 35.5. The van der Waals surface area contributed by atoms with Crippen LogP contribution < -0.4 is 16.0 Å². The van der Waals surface area contributed by atoms with Gasteiger partial charge in [0.1, 0.15) is 22.6 Å². The number of halogens is 1. The van der Waals surface area contributed by atoms with Gasteiger partial charge in [0, 0.05) is 23.5 Å². The lowest BCUT2D eigenvalue weighted by Gasteiger charge is -2.09. The summed E-state index contributed by atoms with van der Waals surface area (Å²) in [5, 5.41) is 10.1. The van der Waals surface area contributed by atoms with Crippen molar-refractivity contribution in [1.82, 2.24) is 9.97 Å². The van der Waals surface area contributed by atoms with Crippen molar-refractivity contribution in [3.63, 3.8) is 0 Å². The lowest BCUT2D eigenvalue weighted by molar-refractivity contribution is 0.262. The van der Waals surface area contributed by atoms with Crippen LogP contribution in [-0.2, 0) is 6.42 Å². The molecule has 174 valence electrons. The van der Waals surface area contributed by atoms with Crippen molar-refractivity contribution in [2.45, 2.75) is 6.42 Å². The van der Waals surface area contributed by atoms with Crippen molar-refractivity contribution in [3.05, 3.63) is 102 Å². The van der Waals surface area contributed by atoms with Crippen LogP contribution >= 0.6 is 11.6 Å². The third kappa shape index (κ3) is 5.26. The zero-order chi connectivity index (χ0) is 24.0. The Morgan fingerprint density at radius 2 is 1.49 bits per heavy atom. The molecule has 0 saturated heterocycles. The standard InChI is InChI=1S/C27H22ClN5O2/c28-23-22-25(30-17-31-26(22)35-24(23)19-7-3-1-4-8-19)29-16-15-18-11-13-21(14-12-18)33-27(34)32-20-9-5-2-6-10-20/h1-14,17H,15-16H2,(H,29,30,31)(H2,32,33,34). The topological polar surface area (TPSA) is 92.1 Å². The van der Waals surface area contributed by atoms with Crippen LogP contribution in [0.3, 0.4) is 0 Å². The van der Waals surface area contributed by atoms with E-state index in [1.54, 1.807) is 0 Å². The van der Waals surface area contributed by atoms with Crippen molar-refractivity contribution in [3.8, 4) is 11.3 Å². The van der Waals surface area contributed by atoms with E-state index >= 15 is 0 Å². The molecule has 2 heterocycles. The molecular formula is C27H22ClN5O2. The van der Waals surface area contributed by atoms with Gasteiger partial charge in [-0.2, -0.15) is 0 Å². The van der Waals surface area contributed by atoms with Gasteiger partial charge in [-0.15, -0.1) is 0 Å². The van der Waals surface area contributed by atoms with Gasteiger partial charge in [-0.25, -0.2) is 14.8 Å². The third-order valence-electron chi connectivity index (χ3n) is 5.42. The summed E-state index contributed by atoms with van der Waals surface area (Å²) in [6.07, 6.45) is 2.21. The molecule has 0 aliphatic heterocycles. The molecule has 2 aromatic heterocycles. The Morgan fingerprint density at radius 1 is 0.829 bits per heavy atom. The molecule has 0 aliphatic carbocycles. The number of nitrogens with one attached hydrogen (secondary N) is 3. The molecule has 0 atom stereocenters. The van der Waals surface area contributed by atoms with Gasteiger partial charge in [0.05, 0.1) is 0 Å². The van der Waals surface area contributed by atoms with E-state index in [1.807, 2.05) is 84.9 Å². The Kier molecular flexibility index (Phi) is 6.59. The lowest BCUT2D eigenvalue weighted by atomic mass is 10.1. The Bertz CT molecular complexity index is 1440. The number of furan rings is 1. The minimum atomic E-state index is -0.287. The summed E-state index contributed by atoms with van der Waals surface area (Å²) in [7, 11) is 0. The lowest BCUT2D eigenvalue weighted by Crippen LogP contribution is -2.19. The van der Waals surface area contributed by atoms with Gasteiger partial charge < -0.3 is 20.4 Å². The normalized spacial score (nSPS) is 10.8. The van der Waals surface area contributed by atoms with Gasteiger partial charge in [-0.1, -0.05) is 72.3 Å². The second-order valence-electron chi connectivity index (χ2n) is 7.83. The number of fused-ring (bicyclic) bond motifs is 1. The van der Waals surface area contributed by atoms with Crippen LogP contribution in [0, 0.1) is 0 Å². The maximum absolute atomic E-state index is 12.2. The van der Waals surface area contributed by atoms with Crippen molar-refractivity contribution in [1.29, 1.82) is 0 Å². The molecule has 0 aliphatic rings. The predicted octanol–water partition coefficient (Wildman–Crippen LogP) is 6.84. The highest BCUT2D eigenvalue weighted by Gasteiger charge is 2.19. The van der Waals surface area contributed by atoms with Gasteiger partial charge >= 0.3 is 6.03 Å². The Morgan fingerprint density at radius 3 is 2.20 bits per heavy atom. The number of amides is 2. The quantitative estimate of drug-likeness (QED) is 0.235. The number of carbonyl (C=O) groups excluding carboxylic acids is 1. The monoisotopic (exact) mass is 483 g/mol. The highest BCUT2D eigenvalue weighted by molar-refractivity contribution is 6.38. The molecule has 3 N–H and O–H groups in total. The number of para-hydroxylation sites is 1. The number of benzene rings is 3. The van der Waals surface area contributed by atoms with Crippen LogP contribution in [0.15, 0.2) is 95.7 Å². The Hall–Kier alpha value is -4.36. The van der Waals surface area contributed by atoms with E-state index < -0.39 is 0 Å². The average molecular weight is 484 g/mol. The fourth-order valence-electron chi connectivity index (χ4n) is 3.70. The molecule has 2 amide bonds. The molecule has 7 nitrogen and oxygen atoms in total. The Balaban J connectivity index is 1.20. The SMILES string of the molecule is O=C(Nc1ccccc1)Nc1ccc(CCNc2ncnc3oc(-c4ccccc4)c(Cl)c23)cc1. The zero-order valence-corrected chi connectivity index (χ0v) is 19.4. The van der Waals surface area contributed by atoms with E-state index in [0.717, 1.165) is 23.2 Å². The number of anilines is 3. The first-order chi connectivity index (χ1) is 17.2. The molecule has 0 fully saturated rings. The first kappa shape index (κ1) is 22.4. The largest absolute Gasteiger partial charge is 0.436 e. The van der Waals surface area contributed by atoms with E-state index in [0.29, 0.717) is 39.9 Å². The summed E-state index contributed by atoms with van der Waals surface area (Å²) < 4.78 is 5.91. The highest BCUT2D eigenvalue weighted by Crippen LogP contribution is 2.39. The van der Waals surface area contributed by atoms with Crippen molar-refractivity contribution < 1.29 is 9.21 Å². The van der Waals surface area contributed by atoms with E-state index in [4.69, 9.17) is 16.0 Å². The third-order valence-corrected chi connectivity index (χ3v) is 5.78. The minimum absolute atomic E-state index is 0.287. The van der Waals surface area contributed by atoms with Gasteiger partial charge in [0.2, 0.25) is 5.71 Å². The molecule has 8 heteroatoms. The smallest absolute Gasteiger partial charge is 0.323 e. The molecule has 5 rings (SSSR count). The summed E-state index contributed by atoms with van der Waals surface area (Å²) in [6, 6.07) is 26.4. The van der Waals surface area contributed by atoms with Crippen LogP contribution in [0.25, 0.3) is 22.4 Å². The number of carbonyl (C=O) groups is 1. The van der Waals surface area contributed by atoms with Gasteiger partial charge in [0.25, 0.3) is 0 Å². The van der Waals surface area contributed by atoms with Crippen LogP contribution in [0.5, 0.6) is 0 Å². The first-order valence-corrected chi connectivity index (χ1v) is 11.5. The molecule has 0 radical (unpaired) electrons. The van der Waals surface area contributed by atoms with Crippen molar-refractivity contribution in [2.75, 3.05) is 22.5 Å². The molecule has 5 aromatic rings. The number of hydrogen-bond acceptors (Lipinski definition) is 5.